The SMILES string of the molecule is O=c1c2c(oc3ccc(Br)cc13)=C(F)NC(Cl)C=2. The summed E-state index contributed by atoms with van der Waals surface area (Å²) in [6.45, 7) is 0. The lowest BCUT2D eigenvalue weighted by atomic mass is 10.2. The molecule has 1 aromatic heterocycles. The molecule has 18 heavy (non-hydrogen) atoms. The van der Waals surface area contributed by atoms with Crippen LogP contribution in [0, 0.1) is 0 Å². The van der Waals surface area contributed by atoms with Crippen LogP contribution in [0.4, 0.5) is 4.39 Å². The number of fused-ring (bicyclic) bond motifs is 2. The van der Waals surface area contributed by atoms with E-state index in [2.05, 4.69) is 21.2 Å². The van der Waals surface area contributed by atoms with Crippen molar-refractivity contribution < 1.29 is 8.81 Å². The average molecular weight is 331 g/mol. The van der Waals surface area contributed by atoms with Crippen LogP contribution in [0.15, 0.2) is 31.9 Å². The van der Waals surface area contributed by atoms with Gasteiger partial charge in [-0.2, -0.15) is 4.39 Å². The minimum absolute atomic E-state index is 0.105. The van der Waals surface area contributed by atoms with Crippen LogP contribution in [-0.2, 0) is 0 Å². The normalized spacial score (nSPS) is 18.2. The molecule has 1 N–H and O–H groups in total. The molecule has 0 amide bonds. The van der Waals surface area contributed by atoms with Gasteiger partial charge in [-0.15, -0.1) is 0 Å². The van der Waals surface area contributed by atoms with E-state index in [4.69, 9.17) is 16.0 Å². The van der Waals surface area contributed by atoms with Gasteiger partial charge < -0.3 is 9.73 Å². The van der Waals surface area contributed by atoms with Crippen molar-refractivity contribution in [1.82, 2.24) is 5.32 Å². The van der Waals surface area contributed by atoms with Crippen LogP contribution in [0.2, 0.25) is 0 Å². The van der Waals surface area contributed by atoms with E-state index in [0.29, 0.717) is 11.0 Å². The van der Waals surface area contributed by atoms with Gasteiger partial charge in [-0.3, -0.25) is 4.79 Å². The summed E-state index contributed by atoms with van der Waals surface area (Å²) in [5.41, 5.74) is -0.827. The molecule has 3 rings (SSSR count). The molecule has 3 nitrogen and oxygen atoms in total. The van der Waals surface area contributed by atoms with Gasteiger partial charge in [0.15, 0.2) is 5.42 Å². The summed E-state index contributed by atoms with van der Waals surface area (Å²) in [5.74, 6) is -0.727. The number of rotatable bonds is 0. The van der Waals surface area contributed by atoms with Gasteiger partial charge in [-0.1, -0.05) is 27.5 Å². The monoisotopic (exact) mass is 329 g/mol. The highest BCUT2D eigenvalue weighted by Crippen LogP contribution is 2.15. The molecular formula is C12H6BrClFNO2. The van der Waals surface area contributed by atoms with E-state index in [1.807, 2.05) is 0 Å². The van der Waals surface area contributed by atoms with Gasteiger partial charge in [-0.25, -0.2) is 0 Å². The molecule has 0 saturated heterocycles. The molecule has 2 aromatic rings. The molecule has 0 saturated carbocycles. The molecule has 0 bridgehead atoms. The van der Waals surface area contributed by atoms with Gasteiger partial charge in [0.25, 0.3) is 0 Å². The molecule has 0 spiro atoms. The summed E-state index contributed by atoms with van der Waals surface area (Å²) in [4.78, 5) is 12.2. The Morgan fingerprint density at radius 2 is 2.22 bits per heavy atom. The van der Waals surface area contributed by atoms with Crippen molar-refractivity contribution in [1.29, 1.82) is 0 Å². The minimum Gasteiger partial charge on any atom is -0.451 e. The fourth-order valence-corrected chi connectivity index (χ4v) is 2.45. The summed E-state index contributed by atoms with van der Waals surface area (Å²) in [7, 11) is 0. The second-order valence-electron chi connectivity index (χ2n) is 3.84. The molecule has 2 heterocycles. The van der Waals surface area contributed by atoms with E-state index in [1.165, 1.54) is 6.08 Å². The summed E-state index contributed by atoms with van der Waals surface area (Å²) >= 11 is 9.05. The van der Waals surface area contributed by atoms with Crippen LogP contribution in [-0.4, -0.2) is 5.50 Å². The minimum atomic E-state index is -0.759. The average Bonchev–Trinajstić information content (AvgIpc) is 2.32. The Morgan fingerprint density at radius 3 is 3.00 bits per heavy atom. The summed E-state index contributed by atoms with van der Waals surface area (Å²) in [6.07, 6.45) is 1.44. The van der Waals surface area contributed by atoms with Crippen molar-refractivity contribution in [2.45, 2.75) is 5.50 Å². The number of hydrogen-bond acceptors (Lipinski definition) is 3. The third-order valence-corrected chi connectivity index (χ3v) is 3.39. The van der Waals surface area contributed by atoms with Gasteiger partial charge in [0.05, 0.1) is 10.6 Å². The third kappa shape index (κ3) is 1.74. The molecule has 1 aliphatic rings. The Hall–Kier alpha value is -1.33. The molecule has 1 unspecified atom stereocenters. The van der Waals surface area contributed by atoms with Crippen LogP contribution >= 0.6 is 27.5 Å². The van der Waals surface area contributed by atoms with Crippen LogP contribution in [0.25, 0.3) is 23.0 Å². The van der Waals surface area contributed by atoms with Crippen LogP contribution in [0.1, 0.15) is 0 Å². The first kappa shape index (κ1) is 11.7. The molecule has 0 fully saturated rings. The Morgan fingerprint density at radius 1 is 1.44 bits per heavy atom. The van der Waals surface area contributed by atoms with Crippen molar-refractivity contribution in [2.24, 2.45) is 0 Å². The van der Waals surface area contributed by atoms with E-state index >= 15 is 0 Å². The van der Waals surface area contributed by atoms with Crippen LogP contribution < -0.4 is 21.4 Å². The van der Waals surface area contributed by atoms with Gasteiger partial charge in [0.2, 0.25) is 11.4 Å². The van der Waals surface area contributed by atoms with Gasteiger partial charge >= 0.3 is 0 Å². The van der Waals surface area contributed by atoms with Gasteiger partial charge in [-0.05, 0) is 24.3 Å². The second-order valence-corrected chi connectivity index (χ2v) is 5.23. The smallest absolute Gasteiger partial charge is 0.232 e. The van der Waals surface area contributed by atoms with E-state index in [-0.39, 0.29) is 16.1 Å². The largest absolute Gasteiger partial charge is 0.451 e. The maximum atomic E-state index is 13.7. The zero-order valence-corrected chi connectivity index (χ0v) is 11.2. The van der Waals surface area contributed by atoms with Crippen molar-refractivity contribution in [2.75, 3.05) is 0 Å². The topological polar surface area (TPSA) is 42.2 Å². The van der Waals surface area contributed by atoms with E-state index in [9.17, 15) is 9.18 Å². The second kappa shape index (κ2) is 4.10. The maximum Gasteiger partial charge on any atom is 0.232 e. The first-order chi connectivity index (χ1) is 8.56. The number of hydrogen-bond donors (Lipinski definition) is 1. The lowest BCUT2D eigenvalue weighted by Crippen LogP contribution is -2.47. The Bertz CT molecular complexity index is 830. The highest BCUT2D eigenvalue weighted by molar-refractivity contribution is 9.10. The highest BCUT2D eigenvalue weighted by atomic mass is 79.9. The first-order valence-corrected chi connectivity index (χ1v) is 6.34. The lowest BCUT2D eigenvalue weighted by Gasteiger charge is -2.11. The van der Waals surface area contributed by atoms with Crippen LogP contribution in [0.3, 0.4) is 0 Å². The molecule has 1 atom stereocenters. The summed E-state index contributed by atoms with van der Waals surface area (Å²) in [5, 5.41) is 2.89. The number of halogens is 3. The zero-order valence-electron chi connectivity index (χ0n) is 8.84. The molecular weight excluding hydrogens is 324 g/mol. The summed E-state index contributed by atoms with van der Waals surface area (Å²) < 4.78 is 19.8. The first-order valence-electron chi connectivity index (χ1n) is 5.11. The van der Waals surface area contributed by atoms with Crippen molar-refractivity contribution in [3.63, 3.8) is 0 Å². The van der Waals surface area contributed by atoms with E-state index in [0.717, 1.165) is 4.47 Å². The lowest BCUT2D eigenvalue weighted by molar-refractivity contribution is 0.515. The molecule has 6 heteroatoms. The van der Waals surface area contributed by atoms with Crippen LogP contribution in [0.5, 0.6) is 0 Å². The Kier molecular flexibility index (Phi) is 2.68. The molecule has 1 aliphatic heterocycles. The molecule has 0 radical (unpaired) electrons. The Balaban J connectivity index is 2.59. The predicted molar refractivity (Wildman–Crippen MR) is 71.2 cm³/mol. The quantitative estimate of drug-likeness (QED) is 0.588. The third-order valence-electron chi connectivity index (χ3n) is 2.66. The standard InChI is InChI=1S/C12H6BrClFNO2/c13-5-1-2-8-6(3-5)10(17)7-4-9(14)16-12(15)11(7)18-8/h1-4,9,16H. The van der Waals surface area contributed by atoms with E-state index in [1.54, 1.807) is 18.2 Å². The van der Waals surface area contributed by atoms with Crippen molar-refractivity contribution in [3.05, 3.63) is 43.5 Å². The zero-order chi connectivity index (χ0) is 12.9. The predicted octanol–water partition coefficient (Wildman–Crippen LogP) is 1.54. The number of nitrogens with one attached hydrogen (secondary N) is 1. The van der Waals surface area contributed by atoms with Gasteiger partial charge in [0, 0.05) is 4.47 Å². The van der Waals surface area contributed by atoms with Crippen molar-refractivity contribution in [3.8, 4) is 0 Å². The fourth-order valence-electron chi connectivity index (χ4n) is 1.87. The Labute approximate surface area is 114 Å². The van der Waals surface area contributed by atoms with Crippen molar-refractivity contribution >= 4 is 50.5 Å². The molecule has 1 aromatic carbocycles. The molecule has 0 aliphatic carbocycles. The number of alkyl halides is 1. The highest BCUT2D eigenvalue weighted by Gasteiger charge is 2.15. The fraction of sp³-hybridized carbons (Fsp3) is 0.0833. The summed E-state index contributed by atoms with van der Waals surface area (Å²) in [6, 6.07) is 4.97. The van der Waals surface area contributed by atoms with Gasteiger partial charge in [0.1, 0.15) is 11.1 Å². The van der Waals surface area contributed by atoms with E-state index < -0.39 is 11.5 Å². The maximum absolute atomic E-state index is 13.7. The molecule has 92 valence electrons. The number of benzene rings is 1.